The minimum atomic E-state index is -4.56. The van der Waals surface area contributed by atoms with Crippen molar-refractivity contribution in [2.75, 3.05) is 10.5 Å². The second-order valence-corrected chi connectivity index (χ2v) is 7.72. The standard InChI is InChI=1S/C13H14N2O5S2/c1-9-2-7-12(13(8-9)22(18,19)20)15-21(16,17)11-5-3-10(14)4-6-11/h2-8,15H,14H2,1H3,(H,18,19,20). The quantitative estimate of drug-likeness (QED) is 0.572. The number of rotatable bonds is 4. The number of anilines is 2. The smallest absolute Gasteiger partial charge is 0.296 e. The molecule has 0 aliphatic rings. The molecule has 9 heteroatoms. The molecule has 0 saturated carbocycles. The first kappa shape index (κ1) is 16.3. The Balaban J connectivity index is 2.49. The van der Waals surface area contributed by atoms with Crippen molar-refractivity contribution >= 4 is 31.5 Å². The molecule has 118 valence electrons. The first-order valence-corrected chi connectivity index (χ1v) is 8.98. The third-order valence-electron chi connectivity index (χ3n) is 2.85. The summed E-state index contributed by atoms with van der Waals surface area (Å²) in [5.74, 6) is 0. The Bertz CT molecular complexity index is 904. The molecule has 0 aliphatic carbocycles. The van der Waals surface area contributed by atoms with Crippen molar-refractivity contribution in [3.05, 3.63) is 48.0 Å². The predicted molar refractivity (Wildman–Crippen MR) is 82.7 cm³/mol. The lowest BCUT2D eigenvalue weighted by Crippen LogP contribution is -2.15. The van der Waals surface area contributed by atoms with Crippen LogP contribution in [0.1, 0.15) is 5.56 Å². The number of aryl methyl sites for hydroxylation is 1. The van der Waals surface area contributed by atoms with E-state index >= 15 is 0 Å². The van der Waals surface area contributed by atoms with Gasteiger partial charge in [-0.1, -0.05) is 6.07 Å². The lowest BCUT2D eigenvalue weighted by molar-refractivity contribution is 0.483. The molecule has 22 heavy (non-hydrogen) atoms. The lowest BCUT2D eigenvalue weighted by Gasteiger charge is -2.12. The SMILES string of the molecule is Cc1ccc(NS(=O)(=O)c2ccc(N)cc2)c(S(=O)(=O)O)c1. The average Bonchev–Trinajstić information content (AvgIpc) is 2.40. The van der Waals surface area contributed by atoms with Crippen LogP contribution in [0.25, 0.3) is 0 Å². The van der Waals surface area contributed by atoms with E-state index in [4.69, 9.17) is 5.73 Å². The van der Waals surface area contributed by atoms with E-state index in [0.29, 0.717) is 11.3 Å². The molecule has 0 aliphatic heterocycles. The van der Waals surface area contributed by atoms with Gasteiger partial charge in [0.05, 0.1) is 10.6 Å². The molecule has 2 aromatic carbocycles. The summed E-state index contributed by atoms with van der Waals surface area (Å²) in [6.45, 7) is 1.62. The number of sulfonamides is 1. The van der Waals surface area contributed by atoms with Crippen LogP contribution in [0.15, 0.2) is 52.3 Å². The van der Waals surface area contributed by atoms with Gasteiger partial charge in [0.1, 0.15) is 4.90 Å². The summed E-state index contributed by atoms with van der Waals surface area (Å²) in [7, 11) is -8.57. The van der Waals surface area contributed by atoms with Gasteiger partial charge >= 0.3 is 0 Å². The highest BCUT2D eigenvalue weighted by molar-refractivity contribution is 7.93. The zero-order chi connectivity index (χ0) is 16.5. The molecule has 0 saturated heterocycles. The van der Waals surface area contributed by atoms with Crippen LogP contribution in [0.5, 0.6) is 0 Å². The molecule has 0 heterocycles. The van der Waals surface area contributed by atoms with Gasteiger partial charge in [0.15, 0.2) is 0 Å². The highest BCUT2D eigenvalue weighted by Gasteiger charge is 2.21. The third kappa shape index (κ3) is 3.56. The minimum Gasteiger partial charge on any atom is -0.399 e. The topological polar surface area (TPSA) is 127 Å². The molecule has 0 radical (unpaired) electrons. The Hall–Kier alpha value is -2.10. The van der Waals surface area contributed by atoms with Crippen molar-refractivity contribution in [1.82, 2.24) is 0 Å². The molecule has 0 fully saturated rings. The van der Waals surface area contributed by atoms with Crippen molar-refractivity contribution in [3.63, 3.8) is 0 Å². The van der Waals surface area contributed by atoms with E-state index in [-0.39, 0.29) is 10.6 Å². The highest BCUT2D eigenvalue weighted by atomic mass is 32.2. The molecular formula is C13H14N2O5S2. The van der Waals surface area contributed by atoms with Crippen LogP contribution in [0.2, 0.25) is 0 Å². The van der Waals surface area contributed by atoms with Gasteiger partial charge in [-0.15, -0.1) is 0 Å². The second-order valence-electron chi connectivity index (χ2n) is 4.65. The van der Waals surface area contributed by atoms with Crippen LogP contribution in [-0.2, 0) is 20.1 Å². The van der Waals surface area contributed by atoms with E-state index in [1.165, 1.54) is 42.5 Å². The fourth-order valence-corrected chi connectivity index (χ4v) is 3.65. The number of nitrogens with one attached hydrogen (secondary N) is 1. The van der Waals surface area contributed by atoms with Crippen LogP contribution in [-0.4, -0.2) is 21.4 Å². The highest BCUT2D eigenvalue weighted by Crippen LogP contribution is 2.25. The van der Waals surface area contributed by atoms with Crippen LogP contribution in [0.3, 0.4) is 0 Å². The van der Waals surface area contributed by atoms with Crippen LogP contribution < -0.4 is 10.5 Å². The van der Waals surface area contributed by atoms with Crippen molar-refractivity contribution in [2.45, 2.75) is 16.7 Å². The van der Waals surface area contributed by atoms with Crippen LogP contribution >= 0.6 is 0 Å². The van der Waals surface area contributed by atoms with Gasteiger partial charge in [0.2, 0.25) is 0 Å². The van der Waals surface area contributed by atoms with Crippen LogP contribution in [0.4, 0.5) is 11.4 Å². The molecular weight excluding hydrogens is 328 g/mol. The fraction of sp³-hybridized carbons (Fsp3) is 0.0769. The number of hydrogen-bond acceptors (Lipinski definition) is 5. The first-order chi connectivity index (χ1) is 10.1. The minimum absolute atomic E-state index is 0.0800. The zero-order valence-electron chi connectivity index (χ0n) is 11.5. The van der Waals surface area contributed by atoms with Crippen LogP contribution in [0, 0.1) is 6.92 Å². The number of hydrogen-bond donors (Lipinski definition) is 3. The molecule has 0 atom stereocenters. The molecule has 0 aromatic heterocycles. The maximum Gasteiger partial charge on any atom is 0.296 e. The maximum absolute atomic E-state index is 12.2. The predicted octanol–water partition coefficient (Wildman–Crippen LogP) is 1.62. The van der Waals surface area contributed by atoms with Gasteiger partial charge in [0.25, 0.3) is 20.1 Å². The second kappa shape index (κ2) is 5.59. The van der Waals surface area contributed by atoms with Crippen molar-refractivity contribution < 1.29 is 21.4 Å². The van der Waals surface area contributed by atoms with Gasteiger partial charge < -0.3 is 5.73 Å². The van der Waals surface area contributed by atoms with E-state index in [1.807, 2.05) is 0 Å². The summed E-state index contributed by atoms with van der Waals surface area (Å²) >= 11 is 0. The summed E-state index contributed by atoms with van der Waals surface area (Å²) in [5.41, 5.74) is 6.22. The Morgan fingerprint density at radius 2 is 1.59 bits per heavy atom. The van der Waals surface area contributed by atoms with E-state index in [0.717, 1.165) is 0 Å². The Kier molecular flexibility index (Phi) is 4.14. The van der Waals surface area contributed by atoms with Crippen molar-refractivity contribution in [3.8, 4) is 0 Å². The summed E-state index contributed by atoms with van der Waals surface area (Å²) in [4.78, 5) is -0.588. The Morgan fingerprint density at radius 1 is 1.00 bits per heavy atom. The molecule has 2 rings (SSSR count). The molecule has 4 N–H and O–H groups in total. The maximum atomic E-state index is 12.2. The number of benzene rings is 2. The molecule has 0 bridgehead atoms. The monoisotopic (exact) mass is 342 g/mol. The molecule has 2 aromatic rings. The van der Waals surface area contributed by atoms with Gasteiger partial charge in [-0.25, -0.2) is 8.42 Å². The lowest BCUT2D eigenvalue weighted by atomic mass is 10.2. The van der Waals surface area contributed by atoms with E-state index in [9.17, 15) is 21.4 Å². The van der Waals surface area contributed by atoms with Crippen molar-refractivity contribution in [1.29, 1.82) is 0 Å². The molecule has 0 spiro atoms. The summed E-state index contributed by atoms with van der Waals surface area (Å²) in [6, 6.07) is 9.37. The molecule has 0 amide bonds. The normalized spacial score (nSPS) is 12.1. The fourth-order valence-electron chi connectivity index (χ4n) is 1.78. The van der Waals surface area contributed by atoms with E-state index in [1.54, 1.807) is 6.92 Å². The zero-order valence-corrected chi connectivity index (χ0v) is 13.1. The molecule has 0 unspecified atom stereocenters. The summed E-state index contributed by atoms with van der Waals surface area (Å²) < 4.78 is 58.6. The van der Waals surface area contributed by atoms with Gasteiger partial charge in [0, 0.05) is 5.69 Å². The van der Waals surface area contributed by atoms with Gasteiger partial charge in [-0.3, -0.25) is 9.27 Å². The Morgan fingerprint density at radius 3 is 2.14 bits per heavy atom. The molecule has 7 nitrogen and oxygen atoms in total. The largest absolute Gasteiger partial charge is 0.399 e. The van der Waals surface area contributed by atoms with E-state index in [2.05, 4.69) is 4.72 Å². The number of nitrogen functional groups attached to an aromatic ring is 1. The average molecular weight is 342 g/mol. The number of nitrogens with two attached hydrogens (primary N) is 1. The Labute approximate surface area is 128 Å². The summed E-state index contributed by atoms with van der Waals surface area (Å²) in [6.07, 6.45) is 0. The van der Waals surface area contributed by atoms with E-state index < -0.39 is 25.0 Å². The van der Waals surface area contributed by atoms with Gasteiger partial charge in [-0.2, -0.15) is 8.42 Å². The van der Waals surface area contributed by atoms with Crippen molar-refractivity contribution in [2.24, 2.45) is 0 Å². The summed E-state index contributed by atoms with van der Waals surface area (Å²) in [5, 5.41) is 0. The third-order valence-corrected chi connectivity index (χ3v) is 5.12. The van der Waals surface area contributed by atoms with Gasteiger partial charge in [-0.05, 0) is 48.9 Å². The first-order valence-electron chi connectivity index (χ1n) is 6.06.